The fraction of sp³-hybridized carbons (Fsp3) is 0.625. The Morgan fingerprint density at radius 3 is 2.36 bits per heavy atom. The second-order valence-electron chi connectivity index (χ2n) is 2.73. The highest BCUT2D eigenvalue weighted by Crippen LogP contribution is 2.10. The summed E-state index contributed by atoms with van der Waals surface area (Å²) in [5, 5.41) is 0. The van der Waals surface area contributed by atoms with Crippen molar-refractivity contribution in [2.75, 3.05) is 14.2 Å². The molecular weight excluding hydrogens is 142 g/mol. The van der Waals surface area contributed by atoms with Crippen molar-refractivity contribution in [1.82, 2.24) is 4.90 Å². The summed E-state index contributed by atoms with van der Waals surface area (Å²) < 4.78 is 4.49. The third-order valence-electron chi connectivity index (χ3n) is 1.64. The molecule has 0 aliphatic carbocycles. The largest absolute Gasteiger partial charge is 0.453 e. The minimum atomic E-state index is -0.590. The molecule has 0 aliphatic rings. The van der Waals surface area contributed by atoms with Crippen molar-refractivity contribution in [2.24, 2.45) is 0 Å². The number of carbonyl (C=O) groups excluding carboxylic acids is 1. The van der Waals surface area contributed by atoms with Crippen molar-refractivity contribution >= 4 is 6.09 Å². The number of rotatable bonds is 1. The highest BCUT2D eigenvalue weighted by atomic mass is 16.5. The molecule has 0 radical (unpaired) electrons. The molecule has 0 saturated carbocycles. The van der Waals surface area contributed by atoms with E-state index in [4.69, 9.17) is 6.42 Å². The lowest BCUT2D eigenvalue weighted by atomic mass is 10.1. The highest BCUT2D eigenvalue weighted by Gasteiger charge is 2.25. The Bertz CT molecular complexity index is 191. The molecule has 3 nitrogen and oxygen atoms in total. The van der Waals surface area contributed by atoms with E-state index >= 15 is 0 Å². The maximum atomic E-state index is 10.9. The zero-order valence-electron chi connectivity index (χ0n) is 7.34. The molecule has 0 heterocycles. The molecule has 0 fully saturated rings. The van der Waals surface area contributed by atoms with Crippen LogP contribution in [0, 0.1) is 12.3 Å². The van der Waals surface area contributed by atoms with Gasteiger partial charge >= 0.3 is 6.09 Å². The Hall–Kier alpha value is -1.17. The quantitative estimate of drug-likeness (QED) is 0.530. The second-order valence-corrected chi connectivity index (χ2v) is 2.73. The Morgan fingerprint density at radius 1 is 1.64 bits per heavy atom. The van der Waals surface area contributed by atoms with Gasteiger partial charge in [-0.3, -0.25) is 4.90 Å². The van der Waals surface area contributed by atoms with Crippen LogP contribution in [-0.2, 0) is 4.74 Å². The van der Waals surface area contributed by atoms with Crippen LogP contribution >= 0.6 is 0 Å². The standard InChI is InChI=1S/C8H13NO2/c1-6-8(2,3)9(4)7(10)11-5/h1H,2-5H3. The minimum Gasteiger partial charge on any atom is -0.453 e. The first-order valence-electron chi connectivity index (χ1n) is 3.25. The van der Waals surface area contributed by atoms with E-state index in [9.17, 15) is 4.79 Å². The van der Waals surface area contributed by atoms with E-state index in [1.807, 2.05) is 0 Å². The van der Waals surface area contributed by atoms with Gasteiger partial charge in [0.25, 0.3) is 0 Å². The number of nitrogens with zero attached hydrogens (tertiary/aromatic N) is 1. The zero-order chi connectivity index (χ0) is 9.07. The van der Waals surface area contributed by atoms with Crippen LogP contribution in [0.2, 0.25) is 0 Å². The molecule has 62 valence electrons. The number of hydrogen-bond donors (Lipinski definition) is 0. The van der Waals surface area contributed by atoms with Gasteiger partial charge in [-0.1, -0.05) is 5.92 Å². The van der Waals surface area contributed by atoms with Gasteiger partial charge in [0.1, 0.15) is 5.54 Å². The van der Waals surface area contributed by atoms with E-state index in [0.29, 0.717) is 0 Å². The number of terminal acetylenes is 1. The smallest absolute Gasteiger partial charge is 0.410 e. The summed E-state index contributed by atoms with van der Waals surface area (Å²) in [6, 6.07) is 0. The number of carbonyl (C=O) groups is 1. The molecule has 0 saturated heterocycles. The Morgan fingerprint density at radius 2 is 2.09 bits per heavy atom. The van der Waals surface area contributed by atoms with Crippen LogP contribution in [0.5, 0.6) is 0 Å². The third-order valence-corrected chi connectivity index (χ3v) is 1.64. The van der Waals surface area contributed by atoms with Gasteiger partial charge < -0.3 is 4.74 Å². The lowest BCUT2D eigenvalue weighted by molar-refractivity contribution is 0.110. The minimum absolute atomic E-state index is 0.423. The van der Waals surface area contributed by atoms with E-state index in [1.165, 1.54) is 12.0 Å². The summed E-state index contributed by atoms with van der Waals surface area (Å²) in [6.07, 6.45) is 4.78. The predicted octanol–water partition coefficient (Wildman–Crippen LogP) is 1.10. The number of hydrogen-bond acceptors (Lipinski definition) is 2. The zero-order valence-corrected chi connectivity index (χ0v) is 7.34. The van der Waals surface area contributed by atoms with Gasteiger partial charge in [0.15, 0.2) is 0 Å². The molecule has 0 aromatic rings. The summed E-state index contributed by atoms with van der Waals surface area (Å²) in [7, 11) is 2.93. The molecule has 11 heavy (non-hydrogen) atoms. The first-order chi connectivity index (χ1) is 4.95. The average Bonchev–Trinajstić information content (AvgIpc) is 2.01. The van der Waals surface area contributed by atoms with E-state index in [1.54, 1.807) is 20.9 Å². The Kier molecular flexibility index (Phi) is 2.94. The topological polar surface area (TPSA) is 29.5 Å². The van der Waals surface area contributed by atoms with E-state index in [2.05, 4.69) is 10.7 Å². The van der Waals surface area contributed by atoms with Crippen molar-refractivity contribution in [3.05, 3.63) is 0 Å². The molecule has 0 bridgehead atoms. The summed E-state index contributed by atoms with van der Waals surface area (Å²) in [4.78, 5) is 12.3. The number of amides is 1. The Labute approximate surface area is 67.3 Å². The van der Waals surface area contributed by atoms with Crippen LogP contribution in [0.1, 0.15) is 13.8 Å². The number of methoxy groups -OCH3 is 1. The van der Waals surface area contributed by atoms with Gasteiger partial charge in [0.05, 0.1) is 7.11 Å². The van der Waals surface area contributed by atoms with Crippen LogP contribution in [0.4, 0.5) is 4.79 Å². The molecular formula is C8H13NO2. The molecule has 0 spiro atoms. The average molecular weight is 155 g/mol. The highest BCUT2D eigenvalue weighted by molar-refractivity contribution is 5.68. The summed E-state index contributed by atoms with van der Waals surface area (Å²) in [6.45, 7) is 3.54. The van der Waals surface area contributed by atoms with Crippen molar-refractivity contribution in [1.29, 1.82) is 0 Å². The second kappa shape index (κ2) is 3.29. The maximum absolute atomic E-state index is 10.9. The molecule has 0 N–H and O–H groups in total. The SMILES string of the molecule is C#CC(C)(C)N(C)C(=O)OC. The fourth-order valence-electron chi connectivity index (χ4n) is 0.462. The summed E-state index contributed by atoms with van der Waals surface area (Å²) >= 11 is 0. The van der Waals surface area contributed by atoms with E-state index in [0.717, 1.165) is 0 Å². The molecule has 3 heteroatoms. The first kappa shape index (κ1) is 9.83. The van der Waals surface area contributed by atoms with Crippen molar-refractivity contribution < 1.29 is 9.53 Å². The molecule has 0 aromatic carbocycles. The van der Waals surface area contributed by atoms with E-state index in [-0.39, 0.29) is 0 Å². The van der Waals surface area contributed by atoms with Gasteiger partial charge in [0.2, 0.25) is 0 Å². The molecule has 0 unspecified atom stereocenters. The Balaban J connectivity index is 4.38. The monoisotopic (exact) mass is 155 g/mol. The van der Waals surface area contributed by atoms with Gasteiger partial charge in [-0.25, -0.2) is 4.79 Å². The van der Waals surface area contributed by atoms with Crippen molar-refractivity contribution in [2.45, 2.75) is 19.4 Å². The lowest BCUT2D eigenvalue weighted by Crippen LogP contribution is -2.43. The van der Waals surface area contributed by atoms with Gasteiger partial charge in [-0.05, 0) is 13.8 Å². The van der Waals surface area contributed by atoms with Crippen molar-refractivity contribution in [3.63, 3.8) is 0 Å². The van der Waals surface area contributed by atoms with Crippen molar-refractivity contribution in [3.8, 4) is 12.3 Å². The molecule has 0 atom stereocenters. The molecule has 0 rings (SSSR count). The van der Waals surface area contributed by atoms with Crippen LogP contribution in [0.25, 0.3) is 0 Å². The van der Waals surface area contributed by atoms with Crippen LogP contribution in [0.15, 0.2) is 0 Å². The number of ether oxygens (including phenoxy) is 1. The predicted molar refractivity (Wildman–Crippen MR) is 43.1 cm³/mol. The maximum Gasteiger partial charge on any atom is 0.410 e. The molecule has 0 aliphatic heterocycles. The third kappa shape index (κ3) is 2.15. The first-order valence-corrected chi connectivity index (χ1v) is 3.25. The lowest BCUT2D eigenvalue weighted by Gasteiger charge is -2.29. The molecule has 1 amide bonds. The van der Waals surface area contributed by atoms with Crippen LogP contribution < -0.4 is 0 Å². The summed E-state index contributed by atoms with van der Waals surface area (Å²) in [5.74, 6) is 2.48. The normalized spacial score (nSPS) is 10.1. The van der Waals surface area contributed by atoms with Gasteiger partial charge in [-0.2, -0.15) is 0 Å². The van der Waals surface area contributed by atoms with Gasteiger partial charge in [-0.15, -0.1) is 6.42 Å². The summed E-state index contributed by atoms with van der Waals surface area (Å²) in [5.41, 5.74) is -0.590. The van der Waals surface area contributed by atoms with Crippen LogP contribution in [-0.4, -0.2) is 30.7 Å². The molecule has 0 aromatic heterocycles. The van der Waals surface area contributed by atoms with E-state index < -0.39 is 11.6 Å². The van der Waals surface area contributed by atoms with Gasteiger partial charge in [0, 0.05) is 7.05 Å². The van der Waals surface area contributed by atoms with Crippen LogP contribution in [0.3, 0.4) is 0 Å². The fourth-order valence-corrected chi connectivity index (χ4v) is 0.462.